The van der Waals surface area contributed by atoms with Crippen LogP contribution in [0.3, 0.4) is 0 Å². The first-order valence-electron chi connectivity index (χ1n) is 7.84. The standard InChI is InChI=1S/C15H31N3/c1-4-17-9-5-15(6-10-17,13-14(2)3)18-11-7-16-8-12-18/h14,16H,4-13H2,1-3H3. The van der Waals surface area contributed by atoms with Crippen LogP contribution in [-0.2, 0) is 0 Å². The highest BCUT2D eigenvalue weighted by Gasteiger charge is 2.40. The lowest BCUT2D eigenvalue weighted by atomic mass is 9.78. The van der Waals surface area contributed by atoms with Crippen molar-refractivity contribution in [3.8, 4) is 0 Å². The van der Waals surface area contributed by atoms with Crippen molar-refractivity contribution in [3.63, 3.8) is 0 Å². The normalized spacial score (nSPS) is 26.7. The molecule has 2 aliphatic rings. The number of rotatable bonds is 4. The van der Waals surface area contributed by atoms with E-state index in [1.54, 1.807) is 0 Å². The molecule has 3 nitrogen and oxygen atoms in total. The maximum absolute atomic E-state index is 3.49. The number of piperazine rings is 1. The van der Waals surface area contributed by atoms with Crippen LogP contribution in [0.15, 0.2) is 0 Å². The van der Waals surface area contributed by atoms with Crippen molar-refractivity contribution < 1.29 is 0 Å². The number of nitrogens with zero attached hydrogens (tertiary/aromatic N) is 2. The summed E-state index contributed by atoms with van der Waals surface area (Å²) in [6.07, 6.45) is 4.13. The molecule has 2 saturated heterocycles. The minimum absolute atomic E-state index is 0.502. The summed E-state index contributed by atoms with van der Waals surface area (Å²) in [5, 5.41) is 3.49. The first kappa shape index (κ1) is 14.3. The summed E-state index contributed by atoms with van der Waals surface area (Å²) in [5.74, 6) is 0.813. The van der Waals surface area contributed by atoms with Gasteiger partial charge < -0.3 is 10.2 Å². The van der Waals surface area contributed by atoms with Crippen LogP contribution in [0.2, 0.25) is 0 Å². The van der Waals surface area contributed by atoms with Crippen LogP contribution in [0.4, 0.5) is 0 Å². The number of nitrogens with one attached hydrogen (secondary N) is 1. The molecule has 3 heteroatoms. The molecule has 2 aliphatic heterocycles. The highest BCUT2D eigenvalue weighted by Crippen LogP contribution is 2.35. The summed E-state index contributed by atoms with van der Waals surface area (Å²) >= 11 is 0. The lowest BCUT2D eigenvalue weighted by Gasteiger charge is -2.51. The lowest BCUT2D eigenvalue weighted by Crippen LogP contribution is -2.60. The number of piperidine rings is 1. The molecule has 1 N–H and O–H groups in total. The van der Waals surface area contributed by atoms with Gasteiger partial charge in [-0.3, -0.25) is 4.90 Å². The Bertz CT molecular complexity index is 238. The third kappa shape index (κ3) is 3.25. The molecule has 2 heterocycles. The van der Waals surface area contributed by atoms with Crippen LogP contribution in [0, 0.1) is 5.92 Å². The average Bonchev–Trinajstić information content (AvgIpc) is 2.40. The molecular formula is C15H31N3. The summed E-state index contributed by atoms with van der Waals surface area (Å²) in [5.41, 5.74) is 0.502. The molecule has 18 heavy (non-hydrogen) atoms. The zero-order valence-electron chi connectivity index (χ0n) is 12.5. The predicted molar refractivity (Wildman–Crippen MR) is 78.0 cm³/mol. The van der Waals surface area contributed by atoms with Gasteiger partial charge in [0.1, 0.15) is 0 Å². The molecule has 2 fully saturated rings. The molecule has 2 rings (SSSR count). The second-order valence-electron chi connectivity index (χ2n) is 6.49. The van der Waals surface area contributed by atoms with E-state index in [4.69, 9.17) is 0 Å². The Morgan fingerprint density at radius 3 is 2.17 bits per heavy atom. The van der Waals surface area contributed by atoms with Crippen LogP contribution in [0.25, 0.3) is 0 Å². The van der Waals surface area contributed by atoms with E-state index in [1.807, 2.05) is 0 Å². The third-order valence-corrected chi connectivity index (χ3v) is 4.81. The quantitative estimate of drug-likeness (QED) is 0.824. The summed E-state index contributed by atoms with van der Waals surface area (Å²) < 4.78 is 0. The van der Waals surface area contributed by atoms with Crippen molar-refractivity contribution in [2.45, 2.75) is 45.6 Å². The molecule has 0 aliphatic carbocycles. The Hall–Kier alpha value is -0.120. The lowest BCUT2D eigenvalue weighted by molar-refractivity contribution is -0.000394. The Labute approximate surface area is 113 Å². The first-order valence-corrected chi connectivity index (χ1v) is 7.84. The minimum atomic E-state index is 0.502. The largest absolute Gasteiger partial charge is 0.314 e. The van der Waals surface area contributed by atoms with Crippen LogP contribution in [-0.4, -0.2) is 61.2 Å². The van der Waals surface area contributed by atoms with E-state index < -0.39 is 0 Å². The highest BCUT2D eigenvalue weighted by atomic mass is 15.3. The molecule has 0 atom stereocenters. The summed E-state index contributed by atoms with van der Waals surface area (Å²) in [7, 11) is 0. The van der Waals surface area contributed by atoms with Crippen molar-refractivity contribution in [2.24, 2.45) is 5.92 Å². The van der Waals surface area contributed by atoms with Gasteiger partial charge in [-0.15, -0.1) is 0 Å². The third-order valence-electron chi connectivity index (χ3n) is 4.81. The molecule has 0 bridgehead atoms. The molecule has 0 aromatic carbocycles. The van der Waals surface area contributed by atoms with Gasteiger partial charge in [0.05, 0.1) is 0 Å². The van der Waals surface area contributed by atoms with E-state index in [-0.39, 0.29) is 0 Å². The van der Waals surface area contributed by atoms with Crippen molar-refractivity contribution >= 4 is 0 Å². The second kappa shape index (κ2) is 6.36. The van der Waals surface area contributed by atoms with Crippen molar-refractivity contribution in [3.05, 3.63) is 0 Å². The van der Waals surface area contributed by atoms with Gasteiger partial charge in [-0.1, -0.05) is 20.8 Å². The number of hydrogen-bond donors (Lipinski definition) is 1. The smallest absolute Gasteiger partial charge is 0.0237 e. The topological polar surface area (TPSA) is 18.5 Å². The Kier molecular flexibility index (Phi) is 5.05. The monoisotopic (exact) mass is 253 g/mol. The minimum Gasteiger partial charge on any atom is -0.314 e. The Morgan fingerprint density at radius 1 is 1.06 bits per heavy atom. The summed E-state index contributed by atoms with van der Waals surface area (Å²) in [6.45, 7) is 15.7. The molecule has 0 aromatic heterocycles. The predicted octanol–water partition coefficient (Wildman–Crippen LogP) is 1.79. The molecule has 0 radical (unpaired) electrons. The Morgan fingerprint density at radius 2 is 1.67 bits per heavy atom. The van der Waals surface area contributed by atoms with Crippen LogP contribution in [0.5, 0.6) is 0 Å². The van der Waals surface area contributed by atoms with Crippen molar-refractivity contribution in [2.75, 3.05) is 45.8 Å². The van der Waals surface area contributed by atoms with Crippen molar-refractivity contribution in [1.29, 1.82) is 0 Å². The molecule has 0 unspecified atom stereocenters. The van der Waals surface area contributed by atoms with E-state index in [9.17, 15) is 0 Å². The first-order chi connectivity index (χ1) is 8.66. The van der Waals surface area contributed by atoms with Crippen LogP contribution >= 0.6 is 0 Å². The van der Waals surface area contributed by atoms with Crippen LogP contribution < -0.4 is 5.32 Å². The zero-order chi connectivity index (χ0) is 13.0. The van der Waals surface area contributed by atoms with E-state index in [2.05, 4.69) is 35.9 Å². The molecular weight excluding hydrogens is 222 g/mol. The zero-order valence-corrected chi connectivity index (χ0v) is 12.5. The number of likely N-dealkylation sites (tertiary alicyclic amines) is 1. The Balaban J connectivity index is 2.03. The summed E-state index contributed by atoms with van der Waals surface area (Å²) in [4.78, 5) is 5.41. The SMILES string of the molecule is CCN1CCC(CC(C)C)(N2CCNCC2)CC1. The van der Waals surface area contributed by atoms with Gasteiger partial charge >= 0.3 is 0 Å². The molecule has 0 aromatic rings. The van der Waals surface area contributed by atoms with E-state index >= 15 is 0 Å². The van der Waals surface area contributed by atoms with Gasteiger partial charge in [0.2, 0.25) is 0 Å². The van der Waals surface area contributed by atoms with Gasteiger partial charge in [0, 0.05) is 31.7 Å². The summed E-state index contributed by atoms with van der Waals surface area (Å²) in [6, 6.07) is 0. The molecule has 106 valence electrons. The van der Waals surface area contributed by atoms with E-state index in [0.717, 1.165) is 5.92 Å². The number of hydrogen-bond acceptors (Lipinski definition) is 3. The molecule has 0 saturated carbocycles. The van der Waals surface area contributed by atoms with Crippen molar-refractivity contribution in [1.82, 2.24) is 15.1 Å². The second-order valence-corrected chi connectivity index (χ2v) is 6.49. The highest BCUT2D eigenvalue weighted by molar-refractivity contribution is 4.97. The van der Waals surface area contributed by atoms with E-state index in [1.165, 1.54) is 65.1 Å². The van der Waals surface area contributed by atoms with Gasteiger partial charge in [-0.2, -0.15) is 0 Å². The fraction of sp³-hybridized carbons (Fsp3) is 1.00. The van der Waals surface area contributed by atoms with Gasteiger partial charge in [-0.05, 0) is 44.8 Å². The van der Waals surface area contributed by atoms with Gasteiger partial charge in [0.25, 0.3) is 0 Å². The fourth-order valence-electron chi connectivity index (χ4n) is 3.83. The van der Waals surface area contributed by atoms with Gasteiger partial charge in [0.15, 0.2) is 0 Å². The molecule has 0 spiro atoms. The maximum atomic E-state index is 3.49. The maximum Gasteiger partial charge on any atom is 0.0237 e. The average molecular weight is 253 g/mol. The molecule has 0 amide bonds. The van der Waals surface area contributed by atoms with Crippen LogP contribution in [0.1, 0.15) is 40.0 Å². The van der Waals surface area contributed by atoms with Gasteiger partial charge in [-0.25, -0.2) is 0 Å². The van der Waals surface area contributed by atoms with E-state index in [0.29, 0.717) is 5.54 Å². The fourth-order valence-corrected chi connectivity index (χ4v) is 3.83.